The minimum atomic E-state index is -4.29. The summed E-state index contributed by atoms with van der Waals surface area (Å²) < 4.78 is 59.9. The molecule has 4 aromatic rings. The number of hydrogen-bond donors (Lipinski definition) is 2. The van der Waals surface area contributed by atoms with Crippen LogP contribution in [0.2, 0.25) is 5.02 Å². The monoisotopic (exact) mass is 493 g/mol. The van der Waals surface area contributed by atoms with Gasteiger partial charge in [0.2, 0.25) is 5.09 Å². The number of hydrogen-bond acceptors (Lipinski definition) is 7. The number of para-hydroxylation sites is 1. The number of nitrogens with zero attached hydrogens (tertiary/aromatic N) is 1. The van der Waals surface area contributed by atoms with E-state index in [1.165, 1.54) is 36.4 Å². The number of rotatable bonds is 6. The lowest BCUT2D eigenvalue weighted by Gasteiger charge is -2.14. The zero-order valence-corrected chi connectivity index (χ0v) is 18.6. The summed E-state index contributed by atoms with van der Waals surface area (Å²) in [5.41, 5.74) is 5.50. The molecule has 2 aromatic heterocycles. The third kappa shape index (κ3) is 4.22. The summed E-state index contributed by atoms with van der Waals surface area (Å²) >= 11 is 5.99. The molecule has 12 heteroatoms. The van der Waals surface area contributed by atoms with E-state index in [1.54, 1.807) is 24.3 Å². The number of sulfone groups is 1. The quantitative estimate of drug-likeness (QED) is 0.310. The summed E-state index contributed by atoms with van der Waals surface area (Å²) in [4.78, 5) is -0.357. The largest absolute Gasteiger partial charge is 0.710 e. The van der Waals surface area contributed by atoms with Crippen LogP contribution in [0.3, 0.4) is 0 Å². The van der Waals surface area contributed by atoms with Crippen LogP contribution in [0.15, 0.2) is 81.1 Å². The Morgan fingerprint density at radius 1 is 1.00 bits per heavy atom. The molecule has 0 amide bonds. The summed E-state index contributed by atoms with van der Waals surface area (Å²) in [6.45, 7) is 0. The Morgan fingerprint density at radius 3 is 2.50 bits per heavy atom. The lowest BCUT2D eigenvalue weighted by atomic mass is 10.3. The molecule has 0 radical (unpaired) electrons. The van der Waals surface area contributed by atoms with Crippen LogP contribution >= 0.6 is 11.6 Å². The van der Waals surface area contributed by atoms with Crippen LogP contribution in [0.4, 0.5) is 11.5 Å². The van der Waals surface area contributed by atoms with Crippen molar-refractivity contribution in [2.75, 3.05) is 10.5 Å². The van der Waals surface area contributed by atoms with Gasteiger partial charge >= 0.3 is 0 Å². The average Bonchev–Trinajstić information content (AvgIpc) is 3.16. The summed E-state index contributed by atoms with van der Waals surface area (Å²) in [5, 5.41) is 12.4. The summed E-state index contributed by atoms with van der Waals surface area (Å²) in [6.07, 6.45) is 0. The predicted molar refractivity (Wildman–Crippen MR) is 119 cm³/mol. The fraction of sp³-hybridized carbons (Fsp3) is 0.0500. The van der Waals surface area contributed by atoms with E-state index in [-0.39, 0.29) is 27.1 Å². The first kappa shape index (κ1) is 21.9. The van der Waals surface area contributed by atoms with Crippen LogP contribution < -0.4 is 15.2 Å². The maximum atomic E-state index is 13.1. The second kappa shape index (κ2) is 8.01. The van der Waals surface area contributed by atoms with E-state index in [4.69, 9.17) is 21.8 Å². The molecule has 0 aliphatic heterocycles. The first-order chi connectivity index (χ1) is 15.1. The van der Waals surface area contributed by atoms with Crippen molar-refractivity contribution in [1.82, 2.24) is 0 Å². The highest BCUT2D eigenvalue weighted by Crippen LogP contribution is 2.31. The molecule has 9 nitrogen and oxygen atoms in total. The molecule has 0 unspecified atom stereocenters. The lowest BCUT2D eigenvalue weighted by Crippen LogP contribution is -2.36. The molecule has 3 N–H and O–H groups in total. The van der Waals surface area contributed by atoms with Crippen LogP contribution in [-0.4, -0.2) is 16.8 Å². The molecular formula is C20H16ClN3O6S2. The molecule has 0 saturated heterocycles. The number of nitrogen functional groups attached to an aromatic ring is 1. The topological polar surface area (TPSA) is 146 Å². The van der Waals surface area contributed by atoms with E-state index < -0.39 is 30.7 Å². The van der Waals surface area contributed by atoms with Crippen molar-refractivity contribution in [3.05, 3.63) is 82.7 Å². The van der Waals surface area contributed by atoms with Crippen molar-refractivity contribution in [1.29, 1.82) is 0 Å². The number of halogens is 1. The number of sulfonamides is 1. The summed E-state index contributed by atoms with van der Waals surface area (Å²) in [7, 11) is -8.46. The van der Waals surface area contributed by atoms with E-state index in [0.717, 1.165) is 6.07 Å². The van der Waals surface area contributed by atoms with E-state index >= 15 is 0 Å². The number of aromatic nitrogens is 1. The number of benzene rings is 2. The Kier molecular flexibility index (Phi) is 5.49. The van der Waals surface area contributed by atoms with E-state index in [9.17, 15) is 22.0 Å². The molecule has 0 atom stereocenters. The molecule has 0 aliphatic rings. The van der Waals surface area contributed by atoms with Crippen LogP contribution in [0.5, 0.6) is 0 Å². The standard InChI is InChI=1S/C20H16ClN3O6S2/c21-14-8-9-18(31(26,27)12-15-5-3-7-19(22)24(15)25)16(11-14)23-32(28,29)20-10-13-4-1-2-6-17(13)30-20/h1-11,23H,12,22H2. The van der Waals surface area contributed by atoms with Crippen LogP contribution in [0.1, 0.15) is 5.69 Å². The SMILES string of the molecule is Nc1cccc(CS(=O)(=O)c2ccc(Cl)cc2NS(=O)(=O)c2cc3ccccc3o2)[n+]1[O-]. The average molecular weight is 494 g/mol. The number of anilines is 2. The van der Waals surface area contributed by atoms with Gasteiger partial charge in [0.25, 0.3) is 15.8 Å². The fourth-order valence-corrected chi connectivity index (χ4v) is 5.83. The zero-order valence-electron chi connectivity index (χ0n) is 16.2. The van der Waals surface area contributed by atoms with Crippen molar-refractivity contribution in [3.63, 3.8) is 0 Å². The Labute approximate surface area is 188 Å². The minimum absolute atomic E-state index is 0.106. The summed E-state index contributed by atoms with van der Waals surface area (Å²) in [5.74, 6) is -0.873. The highest BCUT2D eigenvalue weighted by Gasteiger charge is 2.27. The molecule has 2 heterocycles. The van der Waals surface area contributed by atoms with Crippen molar-refractivity contribution in [3.8, 4) is 0 Å². The van der Waals surface area contributed by atoms with Gasteiger partial charge in [0, 0.05) is 22.5 Å². The third-order valence-electron chi connectivity index (χ3n) is 4.58. The van der Waals surface area contributed by atoms with Gasteiger partial charge < -0.3 is 9.62 Å². The number of pyridine rings is 1. The Balaban J connectivity index is 1.74. The molecule has 0 fully saturated rings. The van der Waals surface area contributed by atoms with Crippen LogP contribution in [-0.2, 0) is 25.6 Å². The second-order valence-corrected chi connectivity index (χ2v) is 10.9. The third-order valence-corrected chi connectivity index (χ3v) is 7.73. The number of nitrogens with one attached hydrogen (secondary N) is 1. The molecular weight excluding hydrogens is 478 g/mol. The first-order valence-electron chi connectivity index (χ1n) is 9.07. The summed E-state index contributed by atoms with van der Waals surface area (Å²) in [6, 6.07) is 15.7. The zero-order chi connectivity index (χ0) is 23.1. The van der Waals surface area contributed by atoms with Gasteiger partial charge in [-0.2, -0.15) is 8.42 Å². The van der Waals surface area contributed by atoms with E-state index in [2.05, 4.69) is 4.72 Å². The van der Waals surface area contributed by atoms with Gasteiger partial charge in [-0.25, -0.2) is 13.1 Å². The molecule has 166 valence electrons. The lowest BCUT2D eigenvalue weighted by molar-refractivity contribution is -0.597. The number of furan rings is 1. The molecule has 32 heavy (non-hydrogen) atoms. The highest BCUT2D eigenvalue weighted by atomic mass is 35.5. The van der Waals surface area contributed by atoms with Gasteiger partial charge in [-0.3, -0.25) is 10.5 Å². The van der Waals surface area contributed by atoms with Crippen molar-refractivity contribution in [2.24, 2.45) is 0 Å². The number of fused-ring (bicyclic) bond motifs is 1. The van der Waals surface area contributed by atoms with Crippen molar-refractivity contribution >= 4 is 53.9 Å². The Bertz CT molecular complexity index is 1520. The predicted octanol–water partition coefficient (Wildman–Crippen LogP) is 3.08. The molecule has 2 aromatic carbocycles. The van der Waals surface area contributed by atoms with Crippen molar-refractivity contribution < 1.29 is 26.0 Å². The molecule has 0 spiro atoms. The maximum Gasteiger partial charge on any atom is 0.295 e. The van der Waals surface area contributed by atoms with E-state index in [1.807, 2.05) is 0 Å². The smallest absolute Gasteiger partial charge is 0.295 e. The molecule has 0 aliphatic carbocycles. The van der Waals surface area contributed by atoms with Crippen LogP contribution in [0.25, 0.3) is 11.0 Å². The van der Waals surface area contributed by atoms with Crippen LogP contribution in [0, 0.1) is 5.21 Å². The van der Waals surface area contributed by atoms with Gasteiger partial charge in [-0.05, 0) is 30.3 Å². The van der Waals surface area contributed by atoms with Gasteiger partial charge in [-0.1, -0.05) is 35.9 Å². The number of nitrogens with two attached hydrogens (primary N) is 1. The maximum absolute atomic E-state index is 13.1. The fourth-order valence-electron chi connectivity index (χ4n) is 3.08. The Morgan fingerprint density at radius 2 is 1.75 bits per heavy atom. The van der Waals surface area contributed by atoms with Crippen molar-refractivity contribution in [2.45, 2.75) is 15.7 Å². The van der Waals surface area contributed by atoms with Gasteiger partial charge in [0.15, 0.2) is 9.84 Å². The molecule has 4 rings (SSSR count). The Hall–Kier alpha value is -3.28. The molecule has 0 saturated carbocycles. The second-order valence-electron chi connectivity index (χ2n) is 6.84. The highest BCUT2D eigenvalue weighted by molar-refractivity contribution is 7.93. The molecule has 0 bridgehead atoms. The van der Waals surface area contributed by atoms with Gasteiger partial charge in [-0.15, -0.1) is 0 Å². The van der Waals surface area contributed by atoms with E-state index in [0.29, 0.717) is 15.7 Å². The van der Waals surface area contributed by atoms with Gasteiger partial charge in [0.1, 0.15) is 17.0 Å². The first-order valence-corrected chi connectivity index (χ1v) is 12.6. The minimum Gasteiger partial charge on any atom is -0.710 e. The normalized spacial score (nSPS) is 12.2. The van der Waals surface area contributed by atoms with Gasteiger partial charge in [0.05, 0.1) is 10.6 Å².